The Kier molecular flexibility index (Phi) is 1.87. The zero-order valence-electron chi connectivity index (χ0n) is 7.09. The normalized spacial score (nSPS) is 13.0. The van der Waals surface area contributed by atoms with Gasteiger partial charge >= 0.3 is 0 Å². The lowest BCUT2D eigenvalue weighted by Gasteiger charge is -2.03. The molecule has 13 heavy (non-hydrogen) atoms. The zero-order valence-corrected chi connectivity index (χ0v) is 7.09. The average molecular weight is 174 g/mol. The maximum absolute atomic E-state index is 9.54. The van der Waals surface area contributed by atoms with Crippen LogP contribution in [0.3, 0.4) is 0 Å². The highest BCUT2D eigenvalue weighted by molar-refractivity contribution is 5.40. The van der Waals surface area contributed by atoms with E-state index in [1.807, 2.05) is 28.8 Å². The molecule has 1 atom stereocenters. The summed E-state index contributed by atoms with van der Waals surface area (Å²) in [4.78, 5) is 4.14. The molecule has 0 aromatic carbocycles. The Morgan fingerprint density at radius 2 is 2.38 bits per heavy atom. The molecule has 0 saturated heterocycles. The molecule has 2 aromatic rings. The van der Waals surface area contributed by atoms with Crippen LogP contribution in [0.15, 0.2) is 43.2 Å². The van der Waals surface area contributed by atoms with E-state index in [2.05, 4.69) is 11.6 Å². The number of fused-ring (bicyclic) bond motifs is 1. The van der Waals surface area contributed by atoms with E-state index >= 15 is 0 Å². The van der Waals surface area contributed by atoms with Crippen molar-refractivity contribution < 1.29 is 5.11 Å². The monoisotopic (exact) mass is 174 g/mol. The van der Waals surface area contributed by atoms with Crippen LogP contribution in [-0.2, 0) is 0 Å². The molecule has 0 aliphatic rings. The molecule has 0 amide bonds. The number of rotatable bonds is 2. The predicted octanol–water partition coefficient (Wildman–Crippen LogP) is 1.55. The third-order valence-electron chi connectivity index (χ3n) is 1.97. The molecular weight excluding hydrogens is 164 g/mol. The lowest BCUT2D eigenvalue weighted by Crippen LogP contribution is -1.97. The van der Waals surface area contributed by atoms with Gasteiger partial charge in [-0.1, -0.05) is 12.1 Å². The first-order chi connectivity index (χ1) is 6.33. The summed E-state index contributed by atoms with van der Waals surface area (Å²) in [6.07, 6.45) is 4.35. The number of aliphatic hydroxyl groups excluding tert-OH is 1. The number of aliphatic hydroxyl groups is 1. The minimum absolute atomic E-state index is 0.655. The first-order valence-electron chi connectivity index (χ1n) is 4.05. The first kappa shape index (κ1) is 8.01. The molecule has 0 radical (unpaired) electrons. The fraction of sp³-hybridized carbons (Fsp3) is 0.100. The molecule has 3 nitrogen and oxygen atoms in total. The number of hydrogen-bond acceptors (Lipinski definition) is 2. The summed E-state index contributed by atoms with van der Waals surface area (Å²) in [5, 5.41) is 9.54. The number of imidazole rings is 1. The van der Waals surface area contributed by atoms with Gasteiger partial charge in [0, 0.05) is 6.20 Å². The van der Waals surface area contributed by atoms with Crippen molar-refractivity contribution in [2.24, 2.45) is 0 Å². The van der Waals surface area contributed by atoms with E-state index < -0.39 is 6.10 Å². The van der Waals surface area contributed by atoms with Gasteiger partial charge in [0.2, 0.25) is 0 Å². The van der Waals surface area contributed by atoms with Crippen LogP contribution in [0, 0.1) is 0 Å². The van der Waals surface area contributed by atoms with E-state index in [4.69, 9.17) is 0 Å². The van der Waals surface area contributed by atoms with E-state index in [1.54, 1.807) is 6.20 Å². The molecule has 0 spiro atoms. The molecular formula is C10H10N2O. The third kappa shape index (κ3) is 1.23. The van der Waals surface area contributed by atoms with Gasteiger partial charge in [0.05, 0.1) is 11.9 Å². The van der Waals surface area contributed by atoms with Gasteiger partial charge in [-0.2, -0.15) is 0 Å². The van der Waals surface area contributed by atoms with Crippen molar-refractivity contribution in [3.63, 3.8) is 0 Å². The fourth-order valence-electron chi connectivity index (χ4n) is 1.29. The molecule has 0 saturated carbocycles. The molecule has 1 N–H and O–H groups in total. The van der Waals surface area contributed by atoms with Crippen molar-refractivity contribution >= 4 is 5.65 Å². The van der Waals surface area contributed by atoms with Crippen molar-refractivity contribution in [2.75, 3.05) is 0 Å². The molecule has 2 heterocycles. The van der Waals surface area contributed by atoms with Crippen LogP contribution in [0.4, 0.5) is 0 Å². The SMILES string of the molecule is C=CC(O)c1cnc2ccccn12. The van der Waals surface area contributed by atoms with E-state index in [0.717, 1.165) is 11.3 Å². The van der Waals surface area contributed by atoms with Gasteiger partial charge in [-0.15, -0.1) is 6.58 Å². The van der Waals surface area contributed by atoms with Crippen LogP contribution in [0.25, 0.3) is 5.65 Å². The topological polar surface area (TPSA) is 37.5 Å². The van der Waals surface area contributed by atoms with Crippen molar-refractivity contribution in [3.8, 4) is 0 Å². The van der Waals surface area contributed by atoms with Gasteiger partial charge in [0.1, 0.15) is 11.8 Å². The number of nitrogens with zero attached hydrogens (tertiary/aromatic N) is 2. The van der Waals surface area contributed by atoms with Crippen LogP contribution >= 0.6 is 0 Å². The largest absolute Gasteiger partial charge is 0.383 e. The van der Waals surface area contributed by atoms with Gasteiger partial charge in [0.25, 0.3) is 0 Å². The lowest BCUT2D eigenvalue weighted by molar-refractivity contribution is 0.223. The van der Waals surface area contributed by atoms with E-state index in [-0.39, 0.29) is 0 Å². The van der Waals surface area contributed by atoms with Gasteiger partial charge in [0.15, 0.2) is 0 Å². The summed E-state index contributed by atoms with van der Waals surface area (Å²) in [7, 11) is 0. The van der Waals surface area contributed by atoms with Crippen LogP contribution in [-0.4, -0.2) is 14.5 Å². The molecule has 0 bridgehead atoms. The summed E-state index contributed by atoms with van der Waals surface area (Å²) in [6, 6.07) is 5.69. The predicted molar refractivity (Wildman–Crippen MR) is 50.3 cm³/mol. The molecule has 2 rings (SSSR count). The Hall–Kier alpha value is -1.61. The molecule has 0 aliphatic carbocycles. The van der Waals surface area contributed by atoms with Crippen molar-refractivity contribution in [2.45, 2.75) is 6.10 Å². The summed E-state index contributed by atoms with van der Waals surface area (Å²) < 4.78 is 1.84. The quantitative estimate of drug-likeness (QED) is 0.701. The maximum atomic E-state index is 9.54. The number of hydrogen-bond donors (Lipinski definition) is 1. The highest BCUT2D eigenvalue weighted by Gasteiger charge is 2.07. The molecule has 3 heteroatoms. The van der Waals surface area contributed by atoms with Crippen molar-refractivity contribution in [3.05, 3.63) is 48.9 Å². The Labute approximate surface area is 76.0 Å². The van der Waals surface area contributed by atoms with E-state index in [1.165, 1.54) is 6.08 Å². The smallest absolute Gasteiger partial charge is 0.136 e. The summed E-state index contributed by atoms with van der Waals surface area (Å²) in [6.45, 7) is 3.53. The molecule has 66 valence electrons. The van der Waals surface area contributed by atoms with Crippen LogP contribution < -0.4 is 0 Å². The summed E-state index contributed by atoms with van der Waals surface area (Å²) in [5.74, 6) is 0. The van der Waals surface area contributed by atoms with Crippen molar-refractivity contribution in [1.82, 2.24) is 9.38 Å². The standard InChI is InChI=1S/C10H10N2O/c1-2-9(13)8-7-11-10-5-3-4-6-12(8)10/h2-7,9,13H,1H2. The molecule has 1 unspecified atom stereocenters. The maximum Gasteiger partial charge on any atom is 0.136 e. The molecule has 2 aromatic heterocycles. The van der Waals surface area contributed by atoms with Gasteiger partial charge in [-0.3, -0.25) is 0 Å². The third-order valence-corrected chi connectivity index (χ3v) is 1.97. The minimum atomic E-state index is -0.655. The van der Waals surface area contributed by atoms with E-state index in [9.17, 15) is 5.11 Å². The summed E-state index contributed by atoms with van der Waals surface area (Å²) >= 11 is 0. The summed E-state index contributed by atoms with van der Waals surface area (Å²) in [5.41, 5.74) is 1.57. The van der Waals surface area contributed by atoms with Crippen molar-refractivity contribution in [1.29, 1.82) is 0 Å². The van der Waals surface area contributed by atoms with Gasteiger partial charge in [-0.05, 0) is 12.1 Å². The second-order valence-corrected chi connectivity index (χ2v) is 2.79. The second kappa shape index (κ2) is 3.03. The number of aromatic nitrogens is 2. The Balaban J connectivity index is 2.64. The number of pyridine rings is 1. The Bertz CT molecular complexity index is 433. The van der Waals surface area contributed by atoms with Crippen LogP contribution in [0.5, 0.6) is 0 Å². The molecule has 0 fully saturated rings. The van der Waals surface area contributed by atoms with Gasteiger partial charge in [-0.25, -0.2) is 4.98 Å². The van der Waals surface area contributed by atoms with Crippen LogP contribution in [0.2, 0.25) is 0 Å². The second-order valence-electron chi connectivity index (χ2n) is 2.79. The van der Waals surface area contributed by atoms with Crippen LogP contribution in [0.1, 0.15) is 11.8 Å². The molecule has 0 aliphatic heterocycles. The highest BCUT2D eigenvalue weighted by Crippen LogP contribution is 2.14. The lowest BCUT2D eigenvalue weighted by atomic mass is 10.3. The first-order valence-corrected chi connectivity index (χ1v) is 4.05. The minimum Gasteiger partial charge on any atom is -0.383 e. The zero-order chi connectivity index (χ0) is 9.26. The van der Waals surface area contributed by atoms with Gasteiger partial charge < -0.3 is 9.51 Å². The highest BCUT2D eigenvalue weighted by atomic mass is 16.3. The Morgan fingerprint density at radius 1 is 1.54 bits per heavy atom. The average Bonchev–Trinajstić information content (AvgIpc) is 2.60. The Morgan fingerprint density at radius 3 is 3.15 bits per heavy atom. The van der Waals surface area contributed by atoms with E-state index in [0.29, 0.717) is 0 Å². The fourth-order valence-corrected chi connectivity index (χ4v) is 1.29.